The molecule has 0 unspecified atom stereocenters. The van der Waals surface area contributed by atoms with E-state index in [4.69, 9.17) is 4.74 Å². The summed E-state index contributed by atoms with van der Waals surface area (Å²) in [4.78, 5) is 37.2. The highest BCUT2D eigenvalue weighted by Gasteiger charge is 2.28. The molecule has 2 rings (SSSR count). The van der Waals surface area contributed by atoms with Crippen LogP contribution < -0.4 is 10.1 Å². The predicted molar refractivity (Wildman–Crippen MR) is 90.9 cm³/mol. The second kappa shape index (κ2) is 9.66. The Morgan fingerprint density at radius 2 is 2.00 bits per heavy atom. The number of piperidine rings is 1. The molecular formula is C18H24N2O5. The first kappa shape index (κ1) is 18.8. The topological polar surface area (TPSA) is 84.9 Å². The smallest absolute Gasteiger partial charge is 0.325 e. The molecule has 0 aromatic heterocycles. The summed E-state index contributed by atoms with van der Waals surface area (Å²) >= 11 is 0. The van der Waals surface area contributed by atoms with Crippen LogP contribution >= 0.6 is 0 Å². The van der Waals surface area contributed by atoms with Gasteiger partial charge in [-0.25, -0.2) is 0 Å². The van der Waals surface area contributed by atoms with Crippen LogP contribution in [-0.2, 0) is 19.1 Å². The largest absolute Gasteiger partial charge is 0.493 e. The number of nitrogens with zero attached hydrogens (tertiary/aromatic N) is 1. The van der Waals surface area contributed by atoms with Crippen LogP contribution in [0.1, 0.15) is 19.3 Å². The first-order chi connectivity index (χ1) is 12.1. The maximum Gasteiger partial charge on any atom is 0.325 e. The van der Waals surface area contributed by atoms with E-state index in [-0.39, 0.29) is 30.7 Å². The third kappa shape index (κ3) is 6.10. The molecule has 0 spiro atoms. The van der Waals surface area contributed by atoms with Crippen LogP contribution in [-0.4, -0.2) is 56.0 Å². The van der Waals surface area contributed by atoms with E-state index < -0.39 is 5.97 Å². The fourth-order valence-electron chi connectivity index (χ4n) is 2.72. The number of para-hydroxylation sites is 1. The summed E-state index contributed by atoms with van der Waals surface area (Å²) in [6, 6.07) is 9.33. The van der Waals surface area contributed by atoms with Crippen molar-refractivity contribution in [1.29, 1.82) is 0 Å². The van der Waals surface area contributed by atoms with Crippen molar-refractivity contribution in [2.75, 3.05) is 33.4 Å². The highest BCUT2D eigenvalue weighted by Crippen LogP contribution is 2.17. The lowest BCUT2D eigenvalue weighted by Crippen LogP contribution is -2.46. The van der Waals surface area contributed by atoms with Crippen LogP contribution in [0.4, 0.5) is 0 Å². The third-order valence-electron chi connectivity index (χ3n) is 4.11. The quantitative estimate of drug-likeness (QED) is 0.743. The van der Waals surface area contributed by atoms with Crippen molar-refractivity contribution >= 4 is 17.8 Å². The summed E-state index contributed by atoms with van der Waals surface area (Å²) in [6.45, 7) is 1.17. The van der Waals surface area contributed by atoms with Gasteiger partial charge in [0.2, 0.25) is 11.8 Å². The zero-order valence-electron chi connectivity index (χ0n) is 14.4. The van der Waals surface area contributed by atoms with E-state index >= 15 is 0 Å². The molecule has 7 heteroatoms. The number of amides is 2. The Bertz CT molecular complexity index is 590. The lowest BCUT2D eigenvalue weighted by atomic mass is 9.97. The number of methoxy groups -OCH3 is 1. The Morgan fingerprint density at radius 3 is 2.72 bits per heavy atom. The Morgan fingerprint density at radius 1 is 1.24 bits per heavy atom. The van der Waals surface area contributed by atoms with Gasteiger partial charge in [0.15, 0.2) is 0 Å². The highest BCUT2D eigenvalue weighted by atomic mass is 16.5. The molecule has 1 aromatic carbocycles. The molecule has 1 fully saturated rings. The fourth-order valence-corrected chi connectivity index (χ4v) is 2.72. The molecule has 1 aromatic rings. The highest BCUT2D eigenvalue weighted by molar-refractivity contribution is 5.84. The van der Waals surface area contributed by atoms with Crippen molar-refractivity contribution in [2.24, 2.45) is 5.92 Å². The molecule has 1 aliphatic rings. The molecule has 0 aliphatic carbocycles. The van der Waals surface area contributed by atoms with Gasteiger partial charge in [-0.1, -0.05) is 18.2 Å². The van der Waals surface area contributed by atoms with E-state index in [1.54, 1.807) is 4.90 Å². The summed E-state index contributed by atoms with van der Waals surface area (Å²) in [5, 5.41) is 2.55. The second-order valence-electron chi connectivity index (χ2n) is 5.88. The van der Waals surface area contributed by atoms with E-state index in [9.17, 15) is 14.4 Å². The van der Waals surface area contributed by atoms with Gasteiger partial charge in [-0.15, -0.1) is 0 Å². The minimum Gasteiger partial charge on any atom is -0.493 e. The Balaban J connectivity index is 1.74. The van der Waals surface area contributed by atoms with Crippen molar-refractivity contribution in [1.82, 2.24) is 10.2 Å². The number of hydrogen-bond donors (Lipinski definition) is 1. The molecule has 0 saturated carbocycles. The molecule has 2 amide bonds. The summed E-state index contributed by atoms with van der Waals surface area (Å²) in [6.07, 6.45) is 1.74. The number of esters is 1. The summed E-state index contributed by atoms with van der Waals surface area (Å²) in [5.74, 6) is -0.300. The maximum absolute atomic E-state index is 12.3. The maximum atomic E-state index is 12.3. The van der Waals surface area contributed by atoms with Gasteiger partial charge in [0.25, 0.3) is 0 Å². The normalized spacial score (nSPS) is 16.8. The SMILES string of the molecule is COC(=O)CNC(=O)[C@H]1CCCN(C(=O)CCOc2ccccc2)C1. The molecule has 25 heavy (non-hydrogen) atoms. The minimum atomic E-state index is -0.491. The fraction of sp³-hybridized carbons (Fsp3) is 0.500. The van der Waals surface area contributed by atoms with Gasteiger partial charge in [-0.3, -0.25) is 14.4 Å². The Labute approximate surface area is 147 Å². The molecule has 1 aliphatic heterocycles. The monoisotopic (exact) mass is 348 g/mol. The van der Waals surface area contributed by atoms with Gasteiger partial charge in [0.05, 0.1) is 26.1 Å². The van der Waals surface area contributed by atoms with E-state index in [0.29, 0.717) is 26.1 Å². The first-order valence-electron chi connectivity index (χ1n) is 8.40. The molecule has 1 saturated heterocycles. The summed E-state index contributed by atoms with van der Waals surface area (Å²) in [5.41, 5.74) is 0. The molecule has 0 radical (unpaired) electrons. The number of benzene rings is 1. The van der Waals surface area contributed by atoms with Crippen LogP contribution in [0.15, 0.2) is 30.3 Å². The van der Waals surface area contributed by atoms with E-state index in [2.05, 4.69) is 10.1 Å². The third-order valence-corrected chi connectivity index (χ3v) is 4.11. The van der Waals surface area contributed by atoms with Gasteiger partial charge >= 0.3 is 5.97 Å². The van der Waals surface area contributed by atoms with Gasteiger partial charge < -0.3 is 19.7 Å². The molecule has 1 heterocycles. The molecule has 136 valence electrons. The molecule has 7 nitrogen and oxygen atoms in total. The van der Waals surface area contributed by atoms with Gasteiger partial charge in [0.1, 0.15) is 12.3 Å². The number of ether oxygens (including phenoxy) is 2. The van der Waals surface area contributed by atoms with Crippen molar-refractivity contribution in [2.45, 2.75) is 19.3 Å². The van der Waals surface area contributed by atoms with Crippen LogP contribution in [0.5, 0.6) is 5.75 Å². The van der Waals surface area contributed by atoms with E-state index in [1.807, 2.05) is 30.3 Å². The predicted octanol–water partition coefficient (Wildman–Crippen LogP) is 0.983. The van der Waals surface area contributed by atoms with Crippen LogP contribution in [0.2, 0.25) is 0 Å². The van der Waals surface area contributed by atoms with Crippen molar-refractivity contribution in [3.05, 3.63) is 30.3 Å². The number of rotatable bonds is 7. The van der Waals surface area contributed by atoms with Crippen molar-refractivity contribution in [3.63, 3.8) is 0 Å². The number of hydrogen-bond acceptors (Lipinski definition) is 5. The Hall–Kier alpha value is -2.57. The van der Waals surface area contributed by atoms with Crippen LogP contribution in [0.3, 0.4) is 0 Å². The second-order valence-corrected chi connectivity index (χ2v) is 5.88. The summed E-state index contributed by atoms with van der Waals surface area (Å²) < 4.78 is 10.0. The summed E-state index contributed by atoms with van der Waals surface area (Å²) in [7, 11) is 1.27. The average molecular weight is 348 g/mol. The number of likely N-dealkylation sites (tertiary alicyclic amines) is 1. The van der Waals surface area contributed by atoms with Crippen molar-refractivity contribution in [3.8, 4) is 5.75 Å². The van der Waals surface area contributed by atoms with Crippen molar-refractivity contribution < 1.29 is 23.9 Å². The first-order valence-corrected chi connectivity index (χ1v) is 8.40. The van der Waals surface area contributed by atoms with Gasteiger partial charge in [-0.2, -0.15) is 0 Å². The number of carbonyl (C=O) groups excluding carboxylic acids is 3. The zero-order chi connectivity index (χ0) is 18.1. The minimum absolute atomic E-state index is 0.0265. The molecule has 0 bridgehead atoms. The lowest BCUT2D eigenvalue weighted by molar-refractivity contribution is -0.142. The number of carbonyl (C=O) groups is 3. The molecular weight excluding hydrogens is 324 g/mol. The zero-order valence-corrected chi connectivity index (χ0v) is 14.4. The Kier molecular flexibility index (Phi) is 7.25. The number of nitrogens with one attached hydrogen (secondary N) is 1. The molecule has 1 atom stereocenters. The average Bonchev–Trinajstić information content (AvgIpc) is 2.66. The van der Waals surface area contributed by atoms with Gasteiger partial charge in [0, 0.05) is 13.1 Å². The molecule has 1 N–H and O–H groups in total. The van der Waals surface area contributed by atoms with E-state index in [1.165, 1.54) is 7.11 Å². The van der Waals surface area contributed by atoms with Gasteiger partial charge in [-0.05, 0) is 25.0 Å². The van der Waals surface area contributed by atoms with E-state index in [0.717, 1.165) is 12.2 Å². The van der Waals surface area contributed by atoms with Crippen LogP contribution in [0, 0.1) is 5.92 Å². The van der Waals surface area contributed by atoms with Crippen LogP contribution in [0.25, 0.3) is 0 Å². The lowest BCUT2D eigenvalue weighted by Gasteiger charge is -2.32. The standard InChI is InChI=1S/C18H24N2O5/c1-24-17(22)12-19-18(23)14-6-5-10-20(13-14)16(21)9-11-25-15-7-3-2-4-8-15/h2-4,7-8,14H,5-6,9-13H2,1H3,(H,19,23)/t14-/m0/s1.